The Balaban J connectivity index is 1.36. The van der Waals surface area contributed by atoms with E-state index in [0.29, 0.717) is 0 Å². The predicted octanol–water partition coefficient (Wildman–Crippen LogP) is 2.37. The van der Waals surface area contributed by atoms with Crippen molar-refractivity contribution >= 4 is 34.3 Å². The first-order valence-corrected chi connectivity index (χ1v) is 11.6. The van der Waals surface area contributed by atoms with Crippen LogP contribution in [0.15, 0.2) is 42.5 Å². The monoisotopic (exact) mass is 412 g/mol. The Labute approximate surface area is 176 Å². The molecule has 2 atom stereocenters. The van der Waals surface area contributed by atoms with Gasteiger partial charge in [0.1, 0.15) is 4.87 Å². The van der Waals surface area contributed by atoms with Gasteiger partial charge in [-0.05, 0) is 36.2 Å². The minimum absolute atomic E-state index is 0.0169. The van der Waals surface area contributed by atoms with E-state index in [2.05, 4.69) is 23.6 Å². The maximum Gasteiger partial charge on any atom is 0.279 e. The number of hydrogen-bond acceptors (Lipinski definition) is 3. The van der Waals surface area contributed by atoms with Crippen LogP contribution in [0.5, 0.6) is 0 Å². The van der Waals surface area contributed by atoms with Gasteiger partial charge < -0.3 is 15.5 Å². The number of rotatable bonds is 4. The molecule has 2 aliphatic heterocycles. The number of carbonyl (C=O) groups is 2. The number of likely N-dealkylation sites (tertiary alicyclic amines) is 1. The fourth-order valence-corrected chi connectivity index (χ4v) is 5.72. The van der Waals surface area contributed by atoms with Gasteiger partial charge >= 0.3 is 0 Å². The number of nitrogens with two attached hydrogens (primary N) is 1. The zero-order valence-corrected chi connectivity index (χ0v) is 18.0. The first-order chi connectivity index (χ1) is 14.0. The van der Waals surface area contributed by atoms with E-state index in [0.717, 1.165) is 54.4 Å². The van der Waals surface area contributed by atoms with E-state index in [-0.39, 0.29) is 28.8 Å². The molecule has 0 bridgehead atoms. The number of fused-ring (bicyclic) bond motifs is 1. The van der Waals surface area contributed by atoms with Gasteiger partial charge in [-0.25, -0.2) is 0 Å². The number of amides is 2. The molecule has 2 saturated heterocycles. The number of piperidine rings is 1. The molecule has 6 heteroatoms. The van der Waals surface area contributed by atoms with Gasteiger partial charge in [-0.2, -0.15) is 0 Å². The van der Waals surface area contributed by atoms with Crippen LogP contribution < -0.4 is 10.6 Å². The Morgan fingerprint density at radius 2 is 1.93 bits per heavy atom. The first kappa shape index (κ1) is 20.2. The highest BCUT2D eigenvalue weighted by molar-refractivity contribution is 8.00. The van der Waals surface area contributed by atoms with Crippen LogP contribution >= 0.6 is 11.8 Å². The first-order valence-electron chi connectivity index (χ1n) is 10.6. The molecule has 0 saturated carbocycles. The Bertz CT molecular complexity index is 908. The van der Waals surface area contributed by atoms with Crippen LogP contribution in [0.2, 0.25) is 0 Å². The second kappa shape index (κ2) is 8.36. The number of thioether (sulfide) groups is 1. The van der Waals surface area contributed by atoms with Crippen molar-refractivity contribution < 1.29 is 14.9 Å². The van der Waals surface area contributed by atoms with E-state index in [1.807, 2.05) is 60.0 Å². The van der Waals surface area contributed by atoms with Gasteiger partial charge in [-0.15, -0.1) is 0 Å². The number of nitrogens with one attached hydrogen (secondary N) is 1. The van der Waals surface area contributed by atoms with Crippen LogP contribution in [-0.2, 0) is 4.79 Å². The van der Waals surface area contributed by atoms with E-state index in [1.54, 1.807) is 0 Å². The van der Waals surface area contributed by atoms with Crippen molar-refractivity contribution in [3.63, 3.8) is 0 Å². The Morgan fingerprint density at radius 3 is 2.66 bits per heavy atom. The van der Waals surface area contributed by atoms with Gasteiger partial charge in [-0.1, -0.05) is 49.0 Å². The van der Waals surface area contributed by atoms with E-state index in [1.165, 1.54) is 0 Å². The van der Waals surface area contributed by atoms with Gasteiger partial charge in [0.2, 0.25) is 0 Å². The van der Waals surface area contributed by atoms with Crippen molar-refractivity contribution in [2.75, 3.05) is 18.8 Å². The van der Waals surface area contributed by atoms with Crippen molar-refractivity contribution in [2.24, 2.45) is 0 Å². The minimum Gasteiger partial charge on any atom is -0.348 e. The number of hydrogen-bond donors (Lipinski definition) is 2. The van der Waals surface area contributed by atoms with Crippen LogP contribution in [0.1, 0.15) is 43.5 Å². The van der Waals surface area contributed by atoms with Crippen LogP contribution in [0.25, 0.3) is 10.8 Å². The average molecular weight is 413 g/mol. The summed E-state index contributed by atoms with van der Waals surface area (Å²) in [5.41, 5.74) is 0.758. The Hall–Kier alpha value is -2.05. The third-order valence-corrected chi connectivity index (χ3v) is 7.93. The quantitative estimate of drug-likeness (QED) is 0.810. The largest absolute Gasteiger partial charge is 0.348 e. The number of nitrogens with zero attached hydrogens (tertiary/aromatic N) is 1. The zero-order chi connectivity index (χ0) is 20.4. The molecule has 0 unspecified atom stereocenters. The standard InChI is InChI=1S/C23H29N3O2S/c1-3-16(2)24-21(27)20-15-29-23(25-20)10-12-26(13-11-23)22(28)19-9-8-17-6-4-5-7-18(17)14-19/h4-9,14,16,20,25H,3,10-13,15H2,1-2H3,(H,24,27)/p+1/t16-,20+/m0/s1. The molecule has 4 rings (SSSR count). The number of benzene rings is 2. The highest BCUT2D eigenvalue weighted by atomic mass is 32.2. The molecule has 0 aliphatic carbocycles. The summed E-state index contributed by atoms with van der Waals surface area (Å²) in [6, 6.07) is 14.3. The maximum atomic E-state index is 13.0. The minimum atomic E-state index is -0.0169. The fraction of sp³-hybridized carbons (Fsp3) is 0.478. The van der Waals surface area contributed by atoms with Gasteiger partial charge in [0, 0.05) is 37.5 Å². The summed E-state index contributed by atoms with van der Waals surface area (Å²) < 4.78 is 0. The lowest BCUT2D eigenvalue weighted by Gasteiger charge is -2.36. The summed E-state index contributed by atoms with van der Waals surface area (Å²) in [4.78, 5) is 27.5. The van der Waals surface area contributed by atoms with Crippen LogP contribution in [-0.4, -0.2) is 52.5 Å². The lowest BCUT2D eigenvalue weighted by atomic mass is 10.0. The van der Waals surface area contributed by atoms with Crippen molar-refractivity contribution in [3.8, 4) is 0 Å². The average Bonchev–Trinajstić information content (AvgIpc) is 3.17. The fourth-order valence-electron chi connectivity index (χ4n) is 4.23. The lowest BCUT2D eigenvalue weighted by molar-refractivity contribution is -0.714. The normalized spacial score (nSPS) is 22.0. The molecule has 154 valence electrons. The van der Waals surface area contributed by atoms with Crippen molar-refractivity contribution in [1.82, 2.24) is 10.2 Å². The molecule has 2 amide bonds. The van der Waals surface area contributed by atoms with Gasteiger partial charge in [0.05, 0.1) is 5.75 Å². The van der Waals surface area contributed by atoms with E-state index >= 15 is 0 Å². The molecule has 29 heavy (non-hydrogen) atoms. The summed E-state index contributed by atoms with van der Waals surface area (Å²) in [6.45, 7) is 5.62. The summed E-state index contributed by atoms with van der Waals surface area (Å²) in [7, 11) is 0. The van der Waals surface area contributed by atoms with Crippen molar-refractivity contribution in [3.05, 3.63) is 48.0 Å². The molecule has 2 aromatic carbocycles. The van der Waals surface area contributed by atoms with Crippen LogP contribution in [0.3, 0.4) is 0 Å². The van der Waals surface area contributed by atoms with E-state index in [9.17, 15) is 9.59 Å². The summed E-state index contributed by atoms with van der Waals surface area (Å²) in [6.07, 6.45) is 2.79. The summed E-state index contributed by atoms with van der Waals surface area (Å²) in [5, 5.41) is 7.62. The van der Waals surface area contributed by atoms with Crippen molar-refractivity contribution in [2.45, 2.75) is 50.1 Å². The Morgan fingerprint density at radius 1 is 1.21 bits per heavy atom. The molecule has 5 nitrogen and oxygen atoms in total. The third kappa shape index (κ3) is 4.28. The summed E-state index contributed by atoms with van der Waals surface area (Å²) in [5.74, 6) is 1.11. The Kier molecular flexibility index (Phi) is 5.83. The van der Waals surface area contributed by atoms with Gasteiger partial charge in [0.25, 0.3) is 11.8 Å². The van der Waals surface area contributed by atoms with E-state index in [4.69, 9.17) is 0 Å². The molecular weight excluding hydrogens is 382 g/mol. The van der Waals surface area contributed by atoms with Crippen LogP contribution in [0, 0.1) is 0 Å². The van der Waals surface area contributed by atoms with E-state index < -0.39 is 0 Å². The highest BCUT2D eigenvalue weighted by Gasteiger charge is 2.48. The number of quaternary nitrogens is 1. The maximum absolute atomic E-state index is 13.0. The lowest BCUT2D eigenvalue weighted by Crippen LogP contribution is -3.00. The molecule has 0 aromatic heterocycles. The molecule has 2 fully saturated rings. The van der Waals surface area contributed by atoms with Gasteiger partial charge in [-0.3, -0.25) is 9.59 Å². The second-order valence-electron chi connectivity index (χ2n) is 8.32. The molecule has 2 aromatic rings. The SMILES string of the molecule is CC[C@H](C)NC(=O)[C@H]1CSC2(CCN(C(=O)c3ccc4ccccc4c3)CC2)[NH2+]1. The molecule has 2 heterocycles. The number of carbonyl (C=O) groups excluding carboxylic acids is 2. The molecule has 1 spiro atoms. The topological polar surface area (TPSA) is 66.0 Å². The van der Waals surface area contributed by atoms with Gasteiger partial charge in [0.15, 0.2) is 6.04 Å². The second-order valence-corrected chi connectivity index (χ2v) is 9.76. The van der Waals surface area contributed by atoms with Crippen LogP contribution in [0.4, 0.5) is 0 Å². The molecule has 2 aliphatic rings. The molecule has 3 N–H and O–H groups in total. The smallest absolute Gasteiger partial charge is 0.279 e. The predicted molar refractivity (Wildman–Crippen MR) is 118 cm³/mol. The third-order valence-electron chi connectivity index (χ3n) is 6.29. The zero-order valence-electron chi connectivity index (χ0n) is 17.2. The summed E-state index contributed by atoms with van der Waals surface area (Å²) >= 11 is 1.89. The van der Waals surface area contributed by atoms with Crippen molar-refractivity contribution in [1.29, 1.82) is 0 Å². The molecular formula is C23H30N3O2S+. The molecule has 0 radical (unpaired) electrons. The highest BCUT2D eigenvalue weighted by Crippen LogP contribution is 2.34.